The van der Waals surface area contributed by atoms with Crippen LogP contribution in [0.1, 0.15) is 29.7 Å². The zero-order chi connectivity index (χ0) is 16.8. The van der Waals surface area contributed by atoms with Crippen molar-refractivity contribution in [3.63, 3.8) is 0 Å². The van der Waals surface area contributed by atoms with Crippen LogP contribution in [-0.4, -0.2) is 18.2 Å². The van der Waals surface area contributed by atoms with E-state index in [2.05, 4.69) is 11.2 Å². The molecule has 5 heteroatoms. The summed E-state index contributed by atoms with van der Waals surface area (Å²) in [7, 11) is 0. The van der Waals surface area contributed by atoms with Crippen LogP contribution in [0.2, 0.25) is 0 Å². The zero-order valence-corrected chi connectivity index (χ0v) is 13.0. The summed E-state index contributed by atoms with van der Waals surface area (Å²) in [5, 5.41) is 2.99. The Hall–Kier alpha value is -3.00. The molecule has 1 saturated heterocycles. The van der Waals surface area contributed by atoms with Crippen LogP contribution in [-0.2, 0) is 25.5 Å². The molecular weight excluding hydrogens is 306 g/mol. The predicted octanol–water partition coefficient (Wildman–Crippen LogP) is 1.74. The third-order valence-corrected chi connectivity index (χ3v) is 4.74. The van der Waals surface area contributed by atoms with Crippen LogP contribution in [0.25, 0.3) is 0 Å². The number of terminal acetylenes is 1. The van der Waals surface area contributed by atoms with Crippen molar-refractivity contribution in [3.05, 3.63) is 58.4 Å². The summed E-state index contributed by atoms with van der Waals surface area (Å²) in [5.74, 6) is 2.11. The van der Waals surface area contributed by atoms with Crippen LogP contribution in [0.4, 0.5) is 0 Å². The summed E-state index contributed by atoms with van der Waals surface area (Å²) >= 11 is 0. The van der Waals surface area contributed by atoms with Gasteiger partial charge in [0.15, 0.2) is 0 Å². The van der Waals surface area contributed by atoms with Gasteiger partial charge in [0, 0.05) is 23.1 Å². The summed E-state index contributed by atoms with van der Waals surface area (Å²) in [6, 6.07) is 5.73. The number of hydrogen-bond acceptors (Lipinski definition) is 4. The third-order valence-electron chi connectivity index (χ3n) is 4.74. The molecule has 4 rings (SSSR count). The van der Waals surface area contributed by atoms with Gasteiger partial charge < -0.3 is 14.8 Å². The molecule has 3 atom stereocenters. The van der Waals surface area contributed by atoms with E-state index in [0.29, 0.717) is 17.6 Å². The van der Waals surface area contributed by atoms with Crippen LogP contribution in [0.3, 0.4) is 0 Å². The molecule has 3 aliphatic rings. The Balaban J connectivity index is 1.59. The number of fused-ring (bicyclic) bond motifs is 3. The minimum Gasteiger partial charge on any atom is -0.458 e. The van der Waals surface area contributed by atoms with Crippen molar-refractivity contribution in [1.29, 1.82) is 0 Å². The number of hydrogen-bond donors (Lipinski definition) is 1. The van der Waals surface area contributed by atoms with E-state index in [1.165, 1.54) is 6.26 Å². The lowest BCUT2D eigenvalue weighted by Gasteiger charge is -2.11. The van der Waals surface area contributed by atoms with E-state index in [1.54, 1.807) is 13.0 Å². The molecule has 2 heterocycles. The van der Waals surface area contributed by atoms with Gasteiger partial charge in [0.25, 0.3) is 12.2 Å². The molecule has 0 spiro atoms. The fraction of sp³-hybridized carbons (Fsp3) is 0.263. The molecule has 0 saturated carbocycles. The smallest absolute Gasteiger partial charge is 0.336 e. The molecule has 1 N–H and O–H groups in total. The Kier molecular flexibility index (Phi) is 3.20. The molecule has 24 heavy (non-hydrogen) atoms. The van der Waals surface area contributed by atoms with Crippen molar-refractivity contribution < 1.29 is 19.1 Å². The second-order valence-corrected chi connectivity index (χ2v) is 6.11. The minimum atomic E-state index is -0.776. The van der Waals surface area contributed by atoms with E-state index >= 15 is 0 Å². The van der Waals surface area contributed by atoms with Gasteiger partial charge in [0.05, 0.1) is 17.9 Å². The Bertz CT molecular complexity index is 859. The van der Waals surface area contributed by atoms with E-state index in [0.717, 1.165) is 16.7 Å². The van der Waals surface area contributed by atoms with Crippen molar-refractivity contribution in [1.82, 2.24) is 5.32 Å². The second kappa shape index (κ2) is 5.27. The molecule has 1 aromatic carbocycles. The lowest BCUT2D eigenvalue weighted by Crippen LogP contribution is -2.19. The summed E-state index contributed by atoms with van der Waals surface area (Å²) in [6.07, 6.45) is 8.48. The highest BCUT2D eigenvalue weighted by Gasteiger charge is 2.44. The molecule has 120 valence electrons. The monoisotopic (exact) mass is 321 g/mol. The second-order valence-electron chi connectivity index (χ2n) is 6.11. The summed E-state index contributed by atoms with van der Waals surface area (Å²) in [5.41, 5.74) is 4.08. The van der Waals surface area contributed by atoms with Crippen LogP contribution >= 0.6 is 0 Å². The fourth-order valence-electron chi connectivity index (χ4n) is 3.53. The Labute approximate surface area is 139 Å². The number of esters is 1. The lowest BCUT2D eigenvalue weighted by atomic mass is 9.97. The normalized spacial score (nSPS) is 28.8. The van der Waals surface area contributed by atoms with Crippen molar-refractivity contribution in [2.24, 2.45) is 5.92 Å². The first-order valence-electron chi connectivity index (χ1n) is 7.72. The molecule has 0 bridgehead atoms. The number of carbonyl (C=O) groups excluding carboxylic acids is 2. The van der Waals surface area contributed by atoms with Crippen molar-refractivity contribution in [2.45, 2.75) is 25.7 Å². The van der Waals surface area contributed by atoms with Crippen LogP contribution in [0, 0.1) is 18.3 Å². The van der Waals surface area contributed by atoms with Gasteiger partial charge in [0.1, 0.15) is 0 Å². The van der Waals surface area contributed by atoms with Crippen molar-refractivity contribution in [3.8, 4) is 12.3 Å². The maximum Gasteiger partial charge on any atom is 0.336 e. The molecule has 2 aliphatic heterocycles. The number of cyclic esters (lactones) is 1. The highest BCUT2D eigenvalue weighted by atomic mass is 16.7. The van der Waals surface area contributed by atoms with Gasteiger partial charge in [-0.15, -0.1) is 6.42 Å². The first-order valence-corrected chi connectivity index (χ1v) is 7.72. The van der Waals surface area contributed by atoms with Crippen molar-refractivity contribution in [2.75, 3.05) is 0 Å². The summed E-state index contributed by atoms with van der Waals surface area (Å²) in [4.78, 5) is 23.6. The van der Waals surface area contributed by atoms with Crippen LogP contribution < -0.4 is 5.32 Å². The molecule has 0 aromatic heterocycles. The fourth-order valence-corrected chi connectivity index (χ4v) is 3.53. The van der Waals surface area contributed by atoms with E-state index in [1.807, 2.05) is 18.2 Å². The average molecular weight is 321 g/mol. The number of benzene rings is 1. The van der Waals surface area contributed by atoms with E-state index in [9.17, 15) is 9.59 Å². The van der Waals surface area contributed by atoms with Crippen LogP contribution in [0.5, 0.6) is 0 Å². The molecule has 1 amide bonds. The topological polar surface area (TPSA) is 64.6 Å². The maximum absolute atomic E-state index is 12.3. The van der Waals surface area contributed by atoms with E-state index in [-0.39, 0.29) is 17.9 Å². The molecular formula is C19H15NO4. The first-order chi connectivity index (χ1) is 11.6. The van der Waals surface area contributed by atoms with E-state index in [4.69, 9.17) is 15.9 Å². The summed E-state index contributed by atoms with van der Waals surface area (Å²) in [6.45, 7) is 1.66. The van der Waals surface area contributed by atoms with Gasteiger partial charge in [-0.3, -0.25) is 4.79 Å². The standard InChI is InChI=1S/C19H15NO4/c1-3-11-5-4-6-12-13(11)8-14-15(18(21)20-17(12)14)9-23-16-7-10(2)19(22)24-16/h1,4-7,9,14,16-17H,8H2,2H3,(H,20,21)/b15-9+/t14-,16?,17-/m1/s1. The van der Waals surface area contributed by atoms with Gasteiger partial charge in [0.2, 0.25) is 0 Å². The van der Waals surface area contributed by atoms with Gasteiger partial charge in [-0.1, -0.05) is 18.1 Å². The molecule has 1 aliphatic carbocycles. The SMILES string of the molecule is C#Cc1cccc2c1C[C@@H]1/C(=C\OC3C=C(C)C(=O)O3)C(=O)N[C@H]21. The third kappa shape index (κ3) is 2.11. The molecule has 0 radical (unpaired) electrons. The quantitative estimate of drug-likeness (QED) is 0.390. The Morgan fingerprint density at radius 3 is 2.96 bits per heavy atom. The zero-order valence-electron chi connectivity index (χ0n) is 13.0. The Morgan fingerprint density at radius 1 is 1.42 bits per heavy atom. The average Bonchev–Trinajstić information content (AvgIpc) is 3.18. The number of amides is 1. The van der Waals surface area contributed by atoms with Gasteiger partial charge >= 0.3 is 5.97 Å². The minimum absolute atomic E-state index is 0.0239. The van der Waals surface area contributed by atoms with Crippen molar-refractivity contribution >= 4 is 11.9 Å². The van der Waals surface area contributed by atoms with Gasteiger partial charge in [-0.2, -0.15) is 0 Å². The number of rotatable bonds is 2. The molecule has 1 fully saturated rings. The van der Waals surface area contributed by atoms with E-state index < -0.39 is 12.3 Å². The highest BCUT2D eigenvalue weighted by molar-refractivity contribution is 5.97. The molecule has 1 aromatic rings. The largest absolute Gasteiger partial charge is 0.458 e. The number of nitrogens with one attached hydrogen (secondary N) is 1. The Morgan fingerprint density at radius 2 is 2.25 bits per heavy atom. The molecule has 1 unspecified atom stereocenters. The first kappa shape index (κ1) is 14.6. The van der Waals surface area contributed by atoms with Gasteiger partial charge in [-0.25, -0.2) is 4.79 Å². The number of ether oxygens (including phenoxy) is 2. The number of carbonyl (C=O) groups is 2. The lowest BCUT2D eigenvalue weighted by molar-refractivity contribution is -0.152. The highest BCUT2D eigenvalue weighted by Crippen LogP contribution is 2.45. The summed E-state index contributed by atoms with van der Waals surface area (Å²) < 4.78 is 10.5. The molecule has 5 nitrogen and oxygen atoms in total. The maximum atomic E-state index is 12.3. The van der Waals surface area contributed by atoms with Gasteiger partial charge in [-0.05, 0) is 30.5 Å². The van der Waals surface area contributed by atoms with Crippen LogP contribution in [0.15, 0.2) is 41.7 Å². The predicted molar refractivity (Wildman–Crippen MR) is 85.3 cm³/mol.